The Morgan fingerprint density at radius 3 is 2.13 bits per heavy atom. The Bertz CT molecular complexity index is 290. The van der Waals surface area contributed by atoms with Crippen LogP contribution in [-0.2, 0) is 0 Å². The Kier molecular flexibility index (Phi) is 4.15. The molecule has 1 aromatic rings. The maximum absolute atomic E-state index is 5.67. The molecule has 0 aliphatic carbocycles. The molecule has 0 bridgehead atoms. The smallest absolute Gasteiger partial charge is 0.0316 e. The number of nitrogens with zero attached hydrogens (tertiary/aromatic N) is 1. The molecule has 0 aliphatic heterocycles. The number of hydrogen-bond acceptors (Lipinski definition) is 2. The van der Waals surface area contributed by atoms with Crippen molar-refractivity contribution in [2.24, 2.45) is 5.92 Å². The molecule has 0 heterocycles. The van der Waals surface area contributed by atoms with Gasteiger partial charge in [0.1, 0.15) is 0 Å². The minimum absolute atomic E-state index is 0.452. The van der Waals surface area contributed by atoms with Gasteiger partial charge >= 0.3 is 0 Å². The number of nitrogen functional groups attached to an aromatic ring is 1. The van der Waals surface area contributed by atoms with Crippen LogP contribution >= 0.6 is 0 Å². The second-order valence-electron chi connectivity index (χ2n) is 4.68. The molecule has 1 aromatic carbocycles. The molecular formula is C13H22N2. The predicted octanol–water partition coefficient (Wildman–Crippen LogP) is 2.92. The number of hydrogen-bond donors (Lipinski definition) is 1. The highest BCUT2D eigenvalue weighted by atomic mass is 15.1. The first kappa shape index (κ1) is 12.1. The Hall–Kier alpha value is -1.02. The van der Waals surface area contributed by atoms with Crippen LogP contribution in [-0.4, -0.2) is 18.5 Å². The van der Waals surface area contributed by atoms with Crippen LogP contribution in [0, 0.1) is 5.92 Å². The Morgan fingerprint density at radius 2 is 1.67 bits per heavy atom. The molecule has 2 nitrogen and oxygen atoms in total. The van der Waals surface area contributed by atoms with Gasteiger partial charge in [-0.3, -0.25) is 4.90 Å². The average Bonchev–Trinajstić information content (AvgIpc) is 2.17. The Morgan fingerprint density at radius 1 is 1.13 bits per heavy atom. The third-order valence-corrected chi connectivity index (χ3v) is 2.73. The summed E-state index contributed by atoms with van der Waals surface area (Å²) < 4.78 is 0. The van der Waals surface area contributed by atoms with Crippen molar-refractivity contribution in [2.75, 3.05) is 19.3 Å². The average molecular weight is 206 g/mol. The van der Waals surface area contributed by atoms with Gasteiger partial charge in [0.15, 0.2) is 0 Å². The summed E-state index contributed by atoms with van der Waals surface area (Å²) in [6.45, 7) is 7.83. The lowest BCUT2D eigenvalue weighted by atomic mass is 10.1. The molecule has 2 N–H and O–H groups in total. The molecule has 0 aromatic heterocycles. The molecule has 1 rings (SSSR count). The van der Waals surface area contributed by atoms with Gasteiger partial charge in [-0.1, -0.05) is 26.0 Å². The summed E-state index contributed by atoms with van der Waals surface area (Å²) in [4.78, 5) is 2.37. The maximum atomic E-state index is 5.67. The third-order valence-electron chi connectivity index (χ3n) is 2.73. The molecule has 2 heteroatoms. The fraction of sp³-hybridized carbons (Fsp3) is 0.538. The summed E-state index contributed by atoms with van der Waals surface area (Å²) in [5, 5.41) is 0. The van der Waals surface area contributed by atoms with E-state index in [1.807, 2.05) is 12.1 Å². The van der Waals surface area contributed by atoms with Crippen molar-refractivity contribution < 1.29 is 0 Å². The lowest BCUT2D eigenvalue weighted by molar-refractivity contribution is 0.233. The normalized spacial score (nSPS) is 13.5. The minimum Gasteiger partial charge on any atom is -0.399 e. The standard InChI is InChI=1S/C13H22N2/c1-10(2)9-15(4)11(3)12-5-7-13(14)8-6-12/h5-8,10-11H,9,14H2,1-4H3. The van der Waals surface area contributed by atoms with Gasteiger partial charge < -0.3 is 5.73 Å². The first-order valence-corrected chi connectivity index (χ1v) is 5.56. The molecule has 0 amide bonds. The van der Waals surface area contributed by atoms with Crippen LogP contribution in [0.3, 0.4) is 0 Å². The van der Waals surface area contributed by atoms with Gasteiger partial charge in [-0.15, -0.1) is 0 Å². The summed E-state index contributed by atoms with van der Waals surface area (Å²) in [6, 6.07) is 8.60. The van der Waals surface area contributed by atoms with Gasteiger partial charge in [0.25, 0.3) is 0 Å². The minimum atomic E-state index is 0.452. The zero-order valence-electron chi connectivity index (χ0n) is 10.2. The molecule has 1 atom stereocenters. The number of benzene rings is 1. The van der Waals surface area contributed by atoms with Crippen LogP contribution in [0.15, 0.2) is 24.3 Å². The van der Waals surface area contributed by atoms with Crippen molar-refractivity contribution in [1.29, 1.82) is 0 Å². The zero-order valence-corrected chi connectivity index (χ0v) is 10.2. The molecule has 0 saturated carbocycles. The topological polar surface area (TPSA) is 29.3 Å². The Balaban J connectivity index is 2.67. The fourth-order valence-corrected chi connectivity index (χ4v) is 1.76. The van der Waals surface area contributed by atoms with Crippen molar-refractivity contribution in [3.05, 3.63) is 29.8 Å². The summed E-state index contributed by atoms with van der Waals surface area (Å²) in [5.41, 5.74) is 7.83. The second-order valence-corrected chi connectivity index (χ2v) is 4.68. The van der Waals surface area contributed by atoms with Gasteiger partial charge in [-0.05, 0) is 37.6 Å². The van der Waals surface area contributed by atoms with E-state index < -0.39 is 0 Å². The molecule has 0 fully saturated rings. The number of anilines is 1. The van der Waals surface area contributed by atoms with Crippen LogP contribution in [0.1, 0.15) is 32.4 Å². The van der Waals surface area contributed by atoms with E-state index in [4.69, 9.17) is 5.73 Å². The van der Waals surface area contributed by atoms with Crippen molar-refractivity contribution in [3.8, 4) is 0 Å². The van der Waals surface area contributed by atoms with E-state index in [0.29, 0.717) is 12.0 Å². The van der Waals surface area contributed by atoms with Gasteiger partial charge in [0.05, 0.1) is 0 Å². The molecule has 1 unspecified atom stereocenters. The zero-order chi connectivity index (χ0) is 11.4. The van der Waals surface area contributed by atoms with Crippen molar-refractivity contribution in [2.45, 2.75) is 26.8 Å². The van der Waals surface area contributed by atoms with Crippen LogP contribution in [0.5, 0.6) is 0 Å². The van der Waals surface area contributed by atoms with E-state index in [9.17, 15) is 0 Å². The van der Waals surface area contributed by atoms with Crippen LogP contribution < -0.4 is 5.73 Å². The van der Waals surface area contributed by atoms with Crippen LogP contribution in [0.2, 0.25) is 0 Å². The van der Waals surface area contributed by atoms with E-state index in [0.717, 1.165) is 12.2 Å². The van der Waals surface area contributed by atoms with E-state index in [-0.39, 0.29) is 0 Å². The first-order chi connectivity index (χ1) is 7.00. The predicted molar refractivity (Wildman–Crippen MR) is 66.7 cm³/mol. The molecule has 0 saturated heterocycles. The van der Waals surface area contributed by atoms with Crippen molar-refractivity contribution in [1.82, 2.24) is 4.90 Å². The summed E-state index contributed by atoms with van der Waals surface area (Å²) in [5.74, 6) is 0.700. The van der Waals surface area contributed by atoms with E-state index >= 15 is 0 Å². The fourth-order valence-electron chi connectivity index (χ4n) is 1.76. The van der Waals surface area contributed by atoms with E-state index in [2.05, 4.69) is 44.9 Å². The quantitative estimate of drug-likeness (QED) is 0.767. The van der Waals surface area contributed by atoms with Crippen molar-refractivity contribution >= 4 is 5.69 Å². The molecule has 84 valence electrons. The largest absolute Gasteiger partial charge is 0.399 e. The van der Waals surface area contributed by atoms with Gasteiger partial charge in [-0.2, -0.15) is 0 Å². The summed E-state index contributed by atoms with van der Waals surface area (Å²) in [7, 11) is 2.17. The number of nitrogens with two attached hydrogens (primary N) is 1. The second kappa shape index (κ2) is 5.17. The summed E-state index contributed by atoms with van der Waals surface area (Å²) >= 11 is 0. The van der Waals surface area contributed by atoms with Crippen LogP contribution in [0.4, 0.5) is 5.69 Å². The van der Waals surface area contributed by atoms with E-state index in [1.54, 1.807) is 0 Å². The highest BCUT2D eigenvalue weighted by Gasteiger charge is 2.12. The highest BCUT2D eigenvalue weighted by molar-refractivity contribution is 5.39. The SMILES string of the molecule is CC(C)CN(C)C(C)c1ccc(N)cc1. The van der Waals surface area contributed by atoms with Gasteiger partial charge in [-0.25, -0.2) is 0 Å². The van der Waals surface area contributed by atoms with Crippen molar-refractivity contribution in [3.63, 3.8) is 0 Å². The molecule has 15 heavy (non-hydrogen) atoms. The van der Waals surface area contributed by atoms with Gasteiger partial charge in [0, 0.05) is 18.3 Å². The van der Waals surface area contributed by atoms with Gasteiger partial charge in [0.2, 0.25) is 0 Å². The lowest BCUT2D eigenvalue weighted by Crippen LogP contribution is -2.26. The lowest BCUT2D eigenvalue weighted by Gasteiger charge is -2.26. The van der Waals surface area contributed by atoms with Crippen LogP contribution in [0.25, 0.3) is 0 Å². The third kappa shape index (κ3) is 3.56. The Labute approximate surface area is 93.1 Å². The molecule has 0 spiro atoms. The molecular weight excluding hydrogens is 184 g/mol. The molecule has 0 radical (unpaired) electrons. The van der Waals surface area contributed by atoms with E-state index in [1.165, 1.54) is 5.56 Å². The highest BCUT2D eigenvalue weighted by Crippen LogP contribution is 2.20. The molecule has 0 aliphatic rings. The number of rotatable bonds is 4. The maximum Gasteiger partial charge on any atom is 0.0316 e. The summed E-state index contributed by atoms with van der Waals surface area (Å²) in [6.07, 6.45) is 0. The first-order valence-electron chi connectivity index (χ1n) is 5.56. The monoisotopic (exact) mass is 206 g/mol.